The van der Waals surface area contributed by atoms with E-state index in [0.29, 0.717) is 0 Å². The lowest BCUT2D eigenvalue weighted by molar-refractivity contribution is -0.0382. The third-order valence-corrected chi connectivity index (χ3v) is 4.22. The molecule has 1 aromatic carbocycles. The Morgan fingerprint density at radius 3 is 2.71 bits per heavy atom. The molecule has 1 aliphatic carbocycles. The van der Waals surface area contributed by atoms with E-state index in [0.717, 1.165) is 30.2 Å². The Balaban J connectivity index is 2.12. The van der Waals surface area contributed by atoms with Gasteiger partial charge in [0.05, 0.1) is 5.60 Å². The summed E-state index contributed by atoms with van der Waals surface area (Å²) < 4.78 is 1.09. The van der Waals surface area contributed by atoms with Crippen LogP contribution in [-0.4, -0.2) is 10.7 Å². The van der Waals surface area contributed by atoms with Crippen LogP contribution in [0.3, 0.4) is 0 Å². The van der Waals surface area contributed by atoms with Gasteiger partial charge in [0.1, 0.15) is 0 Å². The molecule has 0 spiro atoms. The lowest BCUT2D eigenvalue weighted by Crippen LogP contribution is -2.40. The fraction of sp³-hybridized carbons (Fsp3) is 0.600. The molecular weight excluding hydrogens is 276 g/mol. The summed E-state index contributed by atoms with van der Waals surface area (Å²) in [6.07, 6.45) is 4.98. The van der Waals surface area contributed by atoms with Crippen molar-refractivity contribution in [2.24, 2.45) is 5.41 Å². The van der Waals surface area contributed by atoms with Crippen LogP contribution in [0.25, 0.3) is 0 Å². The lowest BCUT2D eigenvalue weighted by Gasteiger charge is -2.41. The van der Waals surface area contributed by atoms with Crippen molar-refractivity contribution >= 4 is 15.9 Å². The van der Waals surface area contributed by atoms with Gasteiger partial charge in [-0.1, -0.05) is 48.3 Å². The number of aliphatic hydroxyl groups is 1. The summed E-state index contributed by atoms with van der Waals surface area (Å²) in [4.78, 5) is 0. The zero-order chi connectivity index (χ0) is 12.5. The summed E-state index contributed by atoms with van der Waals surface area (Å²) in [6.45, 7) is 4.52. The predicted molar refractivity (Wildman–Crippen MR) is 75.0 cm³/mol. The second-order valence-electron chi connectivity index (χ2n) is 6.23. The number of hydrogen-bond acceptors (Lipinski definition) is 1. The van der Waals surface area contributed by atoms with Crippen LogP contribution in [0, 0.1) is 5.41 Å². The van der Waals surface area contributed by atoms with Gasteiger partial charge in [-0.3, -0.25) is 0 Å². The van der Waals surface area contributed by atoms with Crippen molar-refractivity contribution in [3.8, 4) is 0 Å². The predicted octanol–water partition coefficient (Wildman–Crippen LogP) is 4.32. The van der Waals surface area contributed by atoms with Crippen LogP contribution in [0.15, 0.2) is 28.7 Å². The molecule has 17 heavy (non-hydrogen) atoms. The average Bonchev–Trinajstić information content (AvgIpc) is 2.14. The Morgan fingerprint density at radius 1 is 1.29 bits per heavy atom. The fourth-order valence-electron chi connectivity index (χ4n) is 3.14. The second kappa shape index (κ2) is 4.74. The maximum atomic E-state index is 10.7. The minimum absolute atomic E-state index is 0.277. The Bertz CT molecular complexity index is 400. The van der Waals surface area contributed by atoms with Gasteiger partial charge in [-0.25, -0.2) is 0 Å². The van der Waals surface area contributed by atoms with Crippen molar-refractivity contribution < 1.29 is 5.11 Å². The van der Waals surface area contributed by atoms with E-state index in [1.54, 1.807) is 0 Å². The first kappa shape index (κ1) is 13.1. The number of benzene rings is 1. The molecule has 2 heteroatoms. The molecule has 1 atom stereocenters. The minimum Gasteiger partial charge on any atom is -0.390 e. The van der Waals surface area contributed by atoms with Crippen molar-refractivity contribution in [3.05, 3.63) is 34.3 Å². The first-order valence-electron chi connectivity index (χ1n) is 6.36. The quantitative estimate of drug-likeness (QED) is 0.861. The van der Waals surface area contributed by atoms with Crippen LogP contribution in [-0.2, 0) is 6.42 Å². The molecule has 0 aliphatic heterocycles. The van der Waals surface area contributed by atoms with E-state index >= 15 is 0 Å². The summed E-state index contributed by atoms with van der Waals surface area (Å²) in [5.74, 6) is 0. The molecule has 1 nitrogen and oxygen atoms in total. The average molecular weight is 297 g/mol. The number of hydrogen-bond donors (Lipinski definition) is 1. The Labute approximate surface area is 112 Å². The highest BCUT2D eigenvalue weighted by molar-refractivity contribution is 9.10. The van der Waals surface area contributed by atoms with E-state index in [1.807, 2.05) is 12.1 Å². The summed E-state index contributed by atoms with van der Waals surface area (Å²) in [5, 5.41) is 10.7. The topological polar surface area (TPSA) is 20.2 Å². The molecule has 1 saturated carbocycles. The van der Waals surface area contributed by atoms with Crippen molar-refractivity contribution in [2.45, 2.75) is 51.6 Å². The van der Waals surface area contributed by atoms with Crippen molar-refractivity contribution in [1.29, 1.82) is 0 Å². The fourth-order valence-corrected chi connectivity index (χ4v) is 3.59. The van der Waals surface area contributed by atoms with Crippen LogP contribution in [0.5, 0.6) is 0 Å². The first-order chi connectivity index (χ1) is 7.89. The van der Waals surface area contributed by atoms with Crippen LogP contribution in [0.1, 0.15) is 45.1 Å². The normalized spacial score (nSPS) is 28.0. The van der Waals surface area contributed by atoms with Crippen LogP contribution in [0.4, 0.5) is 0 Å². The van der Waals surface area contributed by atoms with Crippen LogP contribution < -0.4 is 0 Å². The van der Waals surface area contributed by atoms with Gasteiger partial charge < -0.3 is 5.11 Å². The van der Waals surface area contributed by atoms with Crippen molar-refractivity contribution in [1.82, 2.24) is 0 Å². The van der Waals surface area contributed by atoms with E-state index in [4.69, 9.17) is 0 Å². The molecule has 2 rings (SSSR count). The lowest BCUT2D eigenvalue weighted by atomic mass is 9.68. The van der Waals surface area contributed by atoms with E-state index in [-0.39, 0.29) is 5.41 Å². The standard InChI is InChI=1S/C15H21BrO/c1-14(2)7-4-8-15(17,11-14)10-12-5-3-6-13(16)9-12/h3,5-6,9,17H,4,7-8,10-11H2,1-2H3. The SMILES string of the molecule is CC1(C)CCCC(O)(Cc2cccc(Br)c2)C1. The molecule has 0 heterocycles. The molecule has 0 bridgehead atoms. The molecule has 1 unspecified atom stereocenters. The van der Waals surface area contributed by atoms with Gasteiger partial charge >= 0.3 is 0 Å². The smallest absolute Gasteiger partial charge is 0.0693 e. The molecule has 0 saturated heterocycles. The molecule has 0 aromatic heterocycles. The molecule has 0 radical (unpaired) electrons. The summed E-state index contributed by atoms with van der Waals surface area (Å²) in [7, 11) is 0. The highest BCUT2D eigenvalue weighted by Crippen LogP contribution is 2.42. The second-order valence-corrected chi connectivity index (χ2v) is 7.14. The minimum atomic E-state index is -0.511. The summed E-state index contributed by atoms with van der Waals surface area (Å²) in [5.41, 5.74) is 0.987. The zero-order valence-corrected chi connectivity index (χ0v) is 12.3. The largest absolute Gasteiger partial charge is 0.390 e. The van der Waals surface area contributed by atoms with Gasteiger partial charge in [-0.2, -0.15) is 0 Å². The van der Waals surface area contributed by atoms with E-state index in [9.17, 15) is 5.11 Å². The molecule has 0 amide bonds. The molecule has 1 aromatic rings. The monoisotopic (exact) mass is 296 g/mol. The maximum Gasteiger partial charge on any atom is 0.0693 e. The Hall–Kier alpha value is -0.340. The summed E-state index contributed by atoms with van der Waals surface area (Å²) >= 11 is 3.49. The van der Waals surface area contributed by atoms with Gasteiger partial charge in [0.2, 0.25) is 0 Å². The van der Waals surface area contributed by atoms with Gasteiger partial charge in [0.25, 0.3) is 0 Å². The van der Waals surface area contributed by atoms with E-state index in [2.05, 4.69) is 41.9 Å². The van der Waals surface area contributed by atoms with Gasteiger partial charge in [0.15, 0.2) is 0 Å². The highest BCUT2D eigenvalue weighted by Gasteiger charge is 2.38. The van der Waals surface area contributed by atoms with Gasteiger partial charge in [0, 0.05) is 10.9 Å². The Kier molecular flexibility index (Phi) is 3.65. The van der Waals surface area contributed by atoms with Crippen molar-refractivity contribution in [3.63, 3.8) is 0 Å². The van der Waals surface area contributed by atoms with Gasteiger partial charge in [-0.15, -0.1) is 0 Å². The van der Waals surface area contributed by atoms with Gasteiger partial charge in [-0.05, 0) is 42.4 Å². The summed E-state index contributed by atoms with van der Waals surface area (Å²) in [6, 6.07) is 8.28. The first-order valence-corrected chi connectivity index (χ1v) is 7.15. The molecular formula is C15H21BrO. The third-order valence-electron chi connectivity index (χ3n) is 3.73. The van der Waals surface area contributed by atoms with Crippen molar-refractivity contribution in [2.75, 3.05) is 0 Å². The Morgan fingerprint density at radius 2 is 2.06 bits per heavy atom. The zero-order valence-electron chi connectivity index (χ0n) is 10.7. The molecule has 94 valence electrons. The molecule has 1 aliphatic rings. The third kappa shape index (κ3) is 3.56. The van der Waals surface area contributed by atoms with E-state index < -0.39 is 5.60 Å². The van der Waals surface area contributed by atoms with Crippen LogP contribution in [0.2, 0.25) is 0 Å². The van der Waals surface area contributed by atoms with Crippen LogP contribution >= 0.6 is 15.9 Å². The highest BCUT2D eigenvalue weighted by atomic mass is 79.9. The molecule has 1 N–H and O–H groups in total. The number of rotatable bonds is 2. The van der Waals surface area contributed by atoms with E-state index in [1.165, 1.54) is 12.0 Å². The maximum absolute atomic E-state index is 10.7. The molecule has 1 fully saturated rings. The number of halogens is 1.